The molecule has 25 heavy (non-hydrogen) atoms. The molecule has 136 valence electrons. The second-order valence-corrected chi connectivity index (χ2v) is 8.23. The highest BCUT2D eigenvalue weighted by molar-refractivity contribution is 7.99. The van der Waals surface area contributed by atoms with Crippen LogP contribution >= 0.6 is 11.8 Å². The molecule has 2 aliphatic rings. The molecule has 4 atom stereocenters. The van der Waals surface area contributed by atoms with Crippen molar-refractivity contribution in [2.75, 3.05) is 5.75 Å². The van der Waals surface area contributed by atoms with E-state index in [1.807, 2.05) is 11.8 Å². The molecule has 0 aliphatic carbocycles. The average Bonchev–Trinajstić information content (AvgIpc) is 3.21. The van der Waals surface area contributed by atoms with Gasteiger partial charge in [0, 0.05) is 11.3 Å². The minimum atomic E-state index is -0.703. The zero-order chi connectivity index (χ0) is 17.5. The number of unbranched alkanes of at least 4 members (excludes halogenated alkanes) is 1. The van der Waals surface area contributed by atoms with Crippen molar-refractivity contribution in [3.05, 3.63) is 42.5 Å². The van der Waals surface area contributed by atoms with Gasteiger partial charge in [0.05, 0.1) is 12.2 Å². The van der Waals surface area contributed by atoms with Gasteiger partial charge in [-0.25, -0.2) is 0 Å². The molecule has 3 rings (SSSR count). The van der Waals surface area contributed by atoms with E-state index in [1.165, 1.54) is 24.2 Å². The lowest BCUT2D eigenvalue weighted by molar-refractivity contribution is -0.137. The van der Waals surface area contributed by atoms with Gasteiger partial charge in [0.25, 0.3) is 0 Å². The summed E-state index contributed by atoms with van der Waals surface area (Å²) < 4.78 is 6.19. The molecule has 2 saturated heterocycles. The zero-order valence-corrected chi connectivity index (χ0v) is 15.5. The molecule has 0 spiro atoms. The van der Waals surface area contributed by atoms with Crippen molar-refractivity contribution >= 4 is 17.7 Å². The average molecular weight is 361 g/mol. The number of thioether (sulfide) groups is 1. The summed E-state index contributed by atoms with van der Waals surface area (Å²) in [5.41, 5.74) is 0. The topological polar surface area (TPSA) is 46.5 Å². The third-order valence-corrected chi connectivity index (χ3v) is 6.44. The number of hydrogen-bond donors (Lipinski definition) is 1. The first kappa shape index (κ1) is 18.5. The number of allylic oxidation sites excluding steroid dienone is 2. The van der Waals surface area contributed by atoms with Gasteiger partial charge in [-0.3, -0.25) is 4.79 Å². The van der Waals surface area contributed by atoms with Crippen LogP contribution in [0, 0.1) is 11.8 Å². The summed E-state index contributed by atoms with van der Waals surface area (Å²) in [4.78, 5) is 11.9. The molecule has 0 amide bonds. The van der Waals surface area contributed by atoms with Crippen LogP contribution in [-0.4, -0.2) is 29.0 Å². The second kappa shape index (κ2) is 9.44. The Morgan fingerprint density at radius 1 is 1.16 bits per heavy atom. The van der Waals surface area contributed by atoms with Crippen LogP contribution in [0.5, 0.6) is 0 Å². The summed E-state index contributed by atoms with van der Waals surface area (Å²) in [6.07, 6.45) is 11.9. The lowest BCUT2D eigenvalue weighted by Crippen LogP contribution is -2.27. The van der Waals surface area contributed by atoms with Gasteiger partial charge in [-0.05, 0) is 68.2 Å². The van der Waals surface area contributed by atoms with Gasteiger partial charge >= 0.3 is 5.97 Å². The molecule has 2 fully saturated rings. The summed E-state index contributed by atoms with van der Waals surface area (Å²) in [5, 5.41) is 8.67. The standard InChI is InChI=1S/C21H28O3S/c22-21(23)11-7-2-1-6-10-17-18(20-13-12-19(17)24-20)14-15-25-16-8-4-3-5-9-16/h1,3-6,8-9,17-20H,2,7,10-15H2,(H,22,23)/t17-,18+,19-,20+/m1/s1. The Balaban J connectivity index is 1.43. The molecule has 0 radical (unpaired) electrons. The number of fused-ring (bicyclic) bond motifs is 2. The number of carboxylic acids is 1. The van der Waals surface area contributed by atoms with Crippen LogP contribution in [0.1, 0.15) is 44.9 Å². The van der Waals surface area contributed by atoms with E-state index in [-0.39, 0.29) is 6.42 Å². The van der Waals surface area contributed by atoms with Crippen molar-refractivity contribution in [3.63, 3.8) is 0 Å². The van der Waals surface area contributed by atoms with E-state index in [2.05, 4.69) is 42.5 Å². The van der Waals surface area contributed by atoms with Crippen LogP contribution in [0.2, 0.25) is 0 Å². The van der Waals surface area contributed by atoms with Crippen LogP contribution in [-0.2, 0) is 9.53 Å². The second-order valence-electron chi connectivity index (χ2n) is 7.06. The lowest BCUT2D eigenvalue weighted by atomic mass is 9.76. The monoisotopic (exact) mass is 360 g/mol. The minimum Gasteiger partial charge on any atom is -0.481 e. The number of rotatable bonds is 10. The van der Waals surface area contributed by atoms with Gasteiger partial charge in [0.15, 0.2) is 0 Å². The van der Waals surface area contributed by atoms with Gasteiger partial charge in [0.2, 0.25) is 0 Å². The third kappa shape index (κ3) is 5.35. The summed E-state index contributed by atoms with van der Waals surface area (Å²) in [6.45, 7) is 0. The van der Waals surface area contributed by atoms with Crippen LogP contribution in [0.15, 0.2) is 47.4 Å². The molecule has 2 bridgehead atoms. The van der Waals surface area contributed by atoms with Crippen molar-refractivity contribution in [2.45, 2.75) is 62.0 Å². The fourth-order valence-corrected chi connectivity index (χ4v) is 5.14. The van der Waals surface area contributed by atoms with Crippen molar-refractivity contribution in [3.8, 4) is 0 Å². The Morgan fingerprint density at radius 2 is 1.92 bits per heavy atom. The first-order valence-corrected chi connectivity index (χ1v) is 10.4. The molecule has 0 aromatic heterocycles. The van der Waals surface area contributed by atoms with Crippen LogP contribution in [0.4, 0.5) is 0 Å². The Labute approximate surface area is 154 Å². The van der Waals surface area contributed by atoms with Gasteiger partial charge in [-0.2, -0.15) is 0 Å². The van der Waals surface area contributed by atoms with Gasteiger partial charge in [-0.15, -0.1) is 11.8 Å². The predicted octanol–water partition coefficient (Wildman–Crippen LogP) is 5.16. The SMILES string of the molecule is O=C(O)CCCC=CC[C@@H]1[C@H](CCSc2ccccc2)[C@@H]2CC[C@H]1O2. The number of carbonyl (C=O) groups is 1. The Morgan fingerprint density at radius 3 is 2.68 bits per heavy atom. The molecule has 0 unspecified atom stereocenters. The van der Waals surface area contributed by atoms with Crippen LogP contribution in [0.25, 0.3) is 0 Å². The van der Waals surface area contributed by atoms with Gasteiger partial charge in [0.1, 0.15) is 0 Å². The van der Waals surface area contributed by atoms with E-state index in [1.54, 1.807) is 0 Å². The number of ether oxygens (including phenoxy) is 1. The number of carboxylic acid groups (broad SMARTS) is 1. The first-order chi connectivity index (χ1) is 12.2. The normalized spacial score (nSPS) is 28.0. The first-order valence-electron chi connectivity index (χ1n) is 9.44. The molecule has 0 saturated carbocycles. The van der Waals surface area contributed by atoms with Crippen molar-refractivity contribution in [1.82, 2.24) is 0 Å². The Bertz CT molecular complexity index is 572. The van der Waals surface area contributed by atoms with Crippen molar-refractivity contribution in [1.29, 1.82) is 0 Å². The molecule has 4 heteroatoms. The maximum absolute atomic E-state index is 10.5. The minimum absolute atomic E-state index is 0.265. The fourth-order valence-electron chi connectivity index (χ4n) is 4.17. The van der Waals surface area contributed by atoms with E-state index in [4.69, 9.17) is 9.84 Å². The van der Waals surface area contributed by atoms with Crippen molar-refractivity contribution in [2.24, 2.45) is 11.8 Å². The Kier molecular flexibility index (Phi) is 7.00. The smallest absolute Gasteiger partial charge is 0.303 e. The molecular weight excluding hydrogens is 332 g/mol. The highest BCUT2D eigenvalue weighted by Crippen LogP contribution is 2.47. The molecule has 3 nitrogen and oxygen atoms in total. The number of benzene rings is 1. The summed E-state index contributed by atoms with van der Waals surface area (Å²) in [7, 11) is 0. The lowest BCUT2D eigenvalue weighted by Gasteiger charge is -2.27. The zero-order valence-electron chi connectivity index (χ0n) is 14.7. The van der Waals surface area contributed by atoms with E-state index >= 15 is 0 Å². The summed E-state index contributed by atoms with van der Waals surface area (Å²) in [5.74, 6) is 1.77. The van der Waals surface area contributed by atoms with Crippen LogP contribution < -0.4 is 0 Å². The molecule has 2 heterocycles. The molecule has 1 aromatic carbocycles. The predicted molar refractivity (Wildman–Crippen MR) is 102 cm³/mol. The van der Waals surface area contributed by atoms with E-state index in [0.717, 1.165) is 25.0 Å². The fraction of sp³-hybridized carbons (Fsp3) is 0.571. The highest BCUT2D eigenvalue weighted by atomic mass is 32.2. The van der Waals surface area contributed by atoms with E-state index in [0.29, 0.717) is 24.0 Å². The van der Waals surface area contributed by atoms with E-state index < -0.39 is 5.97 Å². The van der Waals surface area contributed by atoms with Gasteiger partial charge in [-0.1, -0.05) is 30.4 Å². The van der Waals surface area contributed by atoms with Gasteiger partial charge < -0.3 is 9.84 Å². The highest BCUT2D eigenvalue weighted by Gasteiger charge is 2.47. The Hall–Kier alpha value is -1.26. The largest absolute Gasteiger partial charge is 0.481 e. The maximum atomic E-state index is 10.5. The number of hydrogen-bond acceptors (Lipinski definition) is 3. The van der Waals surface area contributed by atoms with Crippen molar-refractivity contribution < 1.29 is 14.6 Å². The van der Waals surface area contributed by atoms with E-state index in [9.17, 15) is 4.79 Å². The molecule has 2 aliphatic heterocycles. The third-order valence-electron chi connectivity index (χ3n) is 5.39. The summed E-state index contributed by atoms with van der Waals surface area (Å²) in [6, 6.07) is 10.6. The quantitative estimate of drug-likeness (QED) is 0.355. The molecule has 1 N–H and O–H groups in total. The summed E-state index contributed by atoms with van der Waals surface area (Å²) >= 11 is 1.95. The molecule has 1 aromatic rings. The number of aliphatic carboxylic acids is 1. The maximum Gasteiger partial charge on any atom is 0.303 e. The molecular formula is C21H28O3S. The van der Waals surface area contributed by atoms with Crippen LogP contribution in [0.3, 0.4) is 0 Å².